The van der Waals surface area contributed by atoms with Gasteiger partial charge in [0, 0.05) is 18.7 Å². The molecule has 8 heteroatoms. The summed E-state index contributed by atoms with van der Waals surface area (Å²) in [5, 5.41) is 3.48. The van der Waals surface area contributed by atoms with E-state index in [0.29, 0.717) is 23.0 Å². The zero-order chi connectivity index (χ0) is 18.7. The van der Waals surface area contributed by atoms with Crippen molar-refractivity contribution in [3.8, 4) is 0 Å². The number of nitrogens with one attached hydrogen (secondary N) is 2. The quantitative estimate of drug-likeness (QED) is 0.721. The summed E-state index contributed by atoms with van der Waals surface area (Å²) in [5.74, 6) is -1.23. The first-order valence-electron chi connectivity index (χ1n) is 8.52. The van der Waals surface area contributed by atoms with Crippen LogP contribution in [0.5, 0.6) is 0 Å². The summed E-state index contributed by atoms with van der Waals surface area (Å²) >= 11 is 0. The highest BCUT2D eigenvalue weighted by atomic mass is 19.1. The molecule has 1 aromatic carbocycles. The fourth-order valence-electron chi connectivity index (χ4n) is 3.31. The second-order valence-electron chi connectivity index (χ2n) is 6.61. The number of rotatable bonds is 5. The van der Waals surface area contributed by atoms with Crippen molar-refractivity contribution in [3.05, 3.63) is 46.0 Å². The van der Waals surface area contributed by atoms with E-state index in [0.717, 1.165) is 19.4 Å². The molecule has 1 aromatic heterocycles. The van der Waals surface area contributed by atoms with Crippen LogP contribution in [0.15, 0.2) is 29.1 Å². The number of H-pyrrole nitrogens is 1. The number of nitrogens with zero attached hydrogens (tertiary/aromatic N) is 1. The molecule has 138 valence electrons. The minimum atomic E-state index is -0.424. The lowest BCUT2D eigenvalue weighted by atomic mass is 9.97. The smallest absolute Gasteiger partial charge is 0.253 e. The first kappa shape index (κ1) is 18.1. The molecular formula is C18H21FN4O3. The Labute approximate surface area is 149 Å². The van der Waals surface area contributed by atoms with Crippen LogP contribution in [0.4, 0.5) is 4.39 Å². The van der Waals surface area contributed by atoms with Crippen LogP contribution in [0, 0.1) is 11.7 Å². The van der Waals surface area contributed by atoms with Crippen LogP contribution < -0.4 is 16.6 Å². The Bertz CT molecular complexity index is 896. The van der Waals surface area contributed by atoms with Gasteiger partial charge in [-0.25, -0.2) is 4.39 Å². The van der Waals surface area contributed by atoms with Crippen LogP contribution in [0.1, 0.15) is 18.4 Å². The highest BCUT2D eigenvalue weighted by molar-refractivity contribution is 5.81. The van der Waals surface area contributed by atoms with Gasteiger partial charge < -0.3 is 16.0 Å². The van der Waals surface area contributed by atoms with Crippen molar-refractivity contribution in [1.82, 2.24) is 15.2 Å². The normalized spacial score (nSPS) is 18.0. The number of aromatic nitrogens is 1. The van der Waals surface area contributed by atoms with Crippen LogP contribution in [-0.4, -0.2) is 41.3 Å². The third-order valence-electron chi connectivity index (χ3n) is 4.59. The fraction of sp³-hybridized carbons (Fsp3) is 0.389. The molecule has 0 bridgehead atoms. The molecule has 0 radical (unpaired) electrons. The molecule has 3 rings (SSSR count). The number of pyridine rings is 1. The van der Waals surface area contributed by atoms with Crippen LogP contribution in [-0.2, 0) is 16.1 Å². The van der Waals surface area contributed by atoms with Gasteiger partial charge in [0.05, 0.1) is 18.0 Å². The first-order valence-corrected chi connectivity index (χ1v) is 8.52. The Hall–Kier alpha value is -2.74. The van der Waals surface area contributed by atoms with Gasteiger partial charge in [-0.15, -0.1) is 0 Å². The molecule has 1 fully saturated rings. The summed E-state index contributed by atoms with van der Waals surface area (Å²) in [6.45, 7) is 1.45. The third kappa shape index (κ3) is 4.26. The number of carbonyl (C=O) groups excluding carboxylic acids is 2. The lowest BCUT2D eigenvalue weighted by Crippen LogP contribution is -2.45. The van der Waals surface area contributed by atoms with Gasteiger partial charge >= 0.3 is 0 Å². The highest BCUT2D eigenvalue weighted by Crippen LogP contribution is 2.17. The van der Waals surface area contributed by atoms with Crippen LogP contribution in [0.2, 0.25) is 0 Å². The SMILES string of the molecule is NC(=O)CN1CCCC(C(=O)NCc2cc3ccc(F)cc3[nH]c2=O)C1. The Morgan fingerprint density at radius 2 is 2.15 bits per heavy atom. The van der Waals surface area contributed by atoms with Gasteiger partial charge in [0.25, 0.3) is 5.56 Å². The number of benzene rings is 1. The fourth-order valence-corrected chi connectivity index (χ4v) is 3.31. The average Bonchev–Trinajstić information content (AvgIpc) is 2.59. The van der Waals surface area contributed by atoms with Crippen molar-refractivity contribution in [3.63, 3.8) is 0 Å². The van der Waals surface area contributed by atoms with E-state index < -0.39 is 11.7 Å². The van der Waals surface area contributed by atoms with E-state index in [9.17, 15) is 18.8 Å². The number of hydrogen-bond donors (Lipinski definition) is 3. The molecule has 1 atom stereocenters. The predicted octanol–water partition coefficient (Wildman–Crippen LogP) is 0.481. The largest absolute Gasteiger partial charge is 0.369 e. The molecule has 0 spiro atoms. The third-order valence-corrected chi connectivity index (χ3v) is 4.59. The molecule has 4 N–H and O–H groups in total. The van der Waals surface area contributed by atoms with E-state index in [4.69, 9.17) is 5.73 Å². The second-order valence-corrected chi connectivity index (χ2v) is 6.61. The number of hydrogen-bond acceptors (Lipinski definition) is 4. The number of aromatic amines is 1. The lowest BCUT2D eigenvalue weighted by molar-refractivity contribution is -0.128. The topological polar surface area (TPSA) is 108 Å². The molecule has 1 aliphatic rings. The molecular weight excluding hydrogens is 339 g/mol. The summed E-state index contributed by atoms with van der Waals surface area (Å²) in [5.41, 5.74) is 5.67. The van der Waals surface area contributed by atoms with Crippen LogP contribution in [0.25, 0.3) is 10.9 Å². The number of carbonyl (C=O) groups is 2. The lowest BCUT2D eigenvalue weighted by Gasteiger charge is -2.30. The van der Waals surface area contributed by atoms with E-state index in [2.05, 4.69) is 10.3 Å². The van der Waals surface area contributed by atoms with E-state index in [1.165, 1.54) is 12.1 Å². The Morgan fingerprint density at radius 3 is 2.92 bits per heavy atom. The molecule has 2 heterocycles. The molecule has 1 aliphatic heterocycles. The van der Waals surface area contributed by atoms with Gasteiger partial charge in [-0.1, -0.05) is 0 Å². The zero-order valence-electron chi connectivity index (χ0n) is 14.3. The van der Waals surface area contributed by atoms with E-state index in [1.807, 2.05) is 4.90 Å². The van der Waals surface area contributed by atoms with Crippen molar-refractivity contribution in [2.45, 2.75) is 19.4 Å². The Morgan fingerprint density at radius 1 is 1.35 bits per heavy atom. The second kappa shape index (κ2) is 7.65. The number of primary amides is 1. The monoisotopic (exact) mass is 360 g/mol. The van der Waals surface area contributed by atoms with Crippen molar-refractivity contribution in [2.24, 2.45) is 11.7 Å². The summed E-state index contributed by atoms with van der Waals surface area (Å²) in [6.07, 6.45) is 1.54. The molecule has 1 saturated heterocycles. The Kier molecular flexibility index (Phi) is 5.32. The van der Waals surface area contributed by atoms with Gasteiger partial charge in [0.1, 0.15) is 5.82 Å². The molecule has 0 saturated carbocycles. The predicted molar refractivity (Wildman–Crippen MR) is 94.7 cm³/mol. The minimum absolute atomic E-state index is 0.0911. The summed E-state index contributed by atoms with van der Waals surface area (Å²) in [6, 6.07) is 5.80. The maximum atomic E-state index is 13.2. The van der Waals surface area contributed by atoms with Gasteiger partial charge in [-0.3, -0.25) is 19.3 Å². The van der Waals surface area contributed by atoms with Gasteiger partial charge in [0.2, 0.25) is 11.8 Å². The van der Waals surface area contributed by atoms with E-state index >= 15 is 0 Å². The van der Waals surface area contributed by atoms with Crippen LogP contribution >= 0.6 is 0 Å². The number of piperidine rings is 1. The maximum absolute atomic E-state index is 13.2. The molecule has 7 nitrogen and oxygen atoms in total. The summed E-state index contributed by atoms with van der Waals surface area (Å²) < 4.78 is 13.2. The van der Waals surface area contributed by atoms with Crippen molar-refractivity contribution >= 4 is 22.7 Å². The molecule has 2 aromatic rings. The molecule has 26 heavy (non-hydrogen) atoms. The van der Waals surface area contributed by atoms with Gasteiger partial charge in [-0.05, 0) is 49.0 Å². The standard InChI is InChI=1S/C18H21FN4O3/c19-14-4-3-11-6-13(18(26)22-15(11)7-14)8-21-17(25)12-2-1-5-23(9-12)10-16(20)24/h3-4,6-7,12H,1-2,5,8-10H2,(H2,20,24)(H,21,25)(H,22,26). The zero-order valence-corrected chi connectivity index (χ0v) is 14.3. The summed E-state index contributed by atoms with van der Waals surface area (Å²) in [7, 11) is 0. The summed E-state index contributed by atoms with van der Waals surface area (Å²) in [4.78, 5) is 40.1. The van der Waals surface area contributed by atoms with E-state index in [-0.39, 0.29) is 30.5 Å². The molecule has 2 amide bonds. The van der Waals surface area contributed by atoms with Gasteiger partial charge in [0.15, 0.2) is 0 Å². The van der Waals surface area contributed by atoms with Crippen molar-refractivity contribution in [2.75, 3.05) is 19.6 Å². The number of fused-ring (bicyclic) bond motifs is 1. The number of nitrogens with two attached hydrogens (primary N) is 1. The average molecular weight is 360 g/mol. The Balaban J connectivity index is 1.65. The first-order chi connectivity index (χ1) is 12.4. The number of amides is 2. The maximum Gasteiger partial charge on any atom is 0.253 e. The minimum Gasteiger partial charge on any atom is -0.369 e. The van der Waals surface area contributed by atoms with Crippen molar-refractivity contribution < 1.29 is 14.0 Å². The molecule has 1 unspecified atom stereocenters. The number of halogens is 1. The molecule has 0 aliphatic carbocycles. The van der Waals surface area contributed by atoms with E-state index in [1.54, 1.807) is 12.1 Å². The van der Waals surface area contributed by atoms with Crippen molar-refractivity contribution in [1.29, 1.82) is 0 Å². The highest BCUT2D eigenvalue weighted by Gasteiger charge is 2.26. The van der Waals surface area contributed by atoms with Gasteiger partial charge in [-0.2, -0.15) is 0 Å². The van der Waals surface area contributed by atoms with Crippen LogP contribution in [0.3, 0.4) is 0 Å². The number of likely N-dealkylation sites (tertiary alicyclic amines) is 1.